The highest BCUT2D eigenvalue weighted by Crippen LogP contribution is 1.99. The molecule has 0 saturated heterocycles. The Morgan fingerprint density at radius 2 is 2.00 bits per heavy atom. The SMILES string of the molecule is C[PH](=O)O. The monoisotopic (exact) mass is 80.0 g/mol. The predicted octanol–water partition coefficient (Wildman–Crippen LogP) is 0.0832. The third kappa shape index (κ3) is 85.9. The molecule has 0 heterocycles. The Morgan fingerprint density at radius 1 is 2.00 bits per heavy atom. The summed E-state index contributed by atoms with van der Waals surface area (Å²) >= 11 is 0. The molecule has 0 rings (SSSR count). The molecule has 2 nitrogen and oxygen atoms in total. The van der Waals surface area contributed by atoms with Crippen molar-refractivity contribution in [2.75, 3.05) is 6.66 Å². The van der Waals surface area contributed by atoms with Crippen LogP contribution in [0, 0.1) is 0 Å². The van der Waals surface area contributed by atoms with Crippen LogP contribution in [0.3, 0.4) is 0 Å². The summed E-state index contributed by atoms with van der Waals surface area (Å²) in [5.41, 5.74) is 0. The fourth-order valence-corrected chi connectivity index (χ4v) is 0. The standard InChI is InChI=1S/CH5O2P/c1-4(2)3/h4H,1H3,(H,2,3). The van der Waals surface area contributed by atoms with Gasteiger partial charge in [0.1, 0.15) is 0 Å². The van der Waals surface area contributed by atoms with Crippen LogP contribution in [-0.4, -0.2) is 11.6 Å². The van der Waals surface area contributed by atoms with Crippen molar-refractivity contribution in [3.8, 4) is 0 Å². The second-order valence-electron chi connectivity index (χ2n) is 0.519. The first kappa shape index (κ1) is 4.19. The van der Waals surface area contributed by atoms with Crippen molar-refractivity contribution >= 4 is 8.03 Å². The van der Waals surface area contributed by atoms with Crippen molar-refractivity contribution in [1.82, 2.24) is 0 Å². The van der Waals surface area contributed by atoms with E-state index >= 15 is 0 Å². The van der Waals surface area contributed by atoms with E-state index < -0.39 is 8.03 Å². The van der Waals surface area contributed by atoms with Crippen LogP contribution in [0.1, 0.15) is 0 Å². The summed E-state index contributed by atoms with van der Waals surface area (Å²) in [6.45, 7) is 1.27. The van der Waals surface area contributed by atoms with E-state index in [-0.39, 0.29) is 0 Å². The molecule has 0 aliphatic carbocycles. The zero-order chi connectivity index (χ0) is 3.58. The van der Waals surface area contributed by atoms with E-state index in [1.54, 1.807) is 0 Å². The maximum atomic E-state index is 9.19. The molecule has 0 aromatic rings. The molecular weight excluding hydrogens is 75.0 g/mol. The second kappa shape index (κ2) is 1.50. The average Bonchev–Trinajstić information content (AvgIpc) is 0.811. The largest absolute Gasteiger partial charge is 0.346 e. The normalized spacial score (nSPS) is 15.5. The molecule has 0 spiro atoms. The Bertz CT molecular complexity index is 29.0. The van der Waals surface area contributed by atoms with E-state index in [9.17, 15) is 4.57 Å². The van der Waals surface area contributed by atoms with Gasteiger partial charge in [0.2, 0.25) is 0 Å². The van der Waals surface area contributed by atoms with Gasteiger partial charge in [0.15, 0.2) is 8.03 Å². The Kier molecular flexibility index (Phi) is 1.57. The molecule has 0 fully saturated rings. The Labute approximate surface area is 25.3 Å². The second-order valence-corrected chi connectivity index (χ2v) is 1.56. The zero-order valence-corrected chi connectivity index (χ0v) is 3.36. The summed E-state index contributed by atoms with van der Waals surface area (Å²) in [5.74, 6) is 0. The highest BCUT2D eigenvalue weighted by Gasteiger charge is 1.60. The predicted molar refractivity (Wildman–Crippen MR) is 17.1 cm³/mol. The number of hydrogen-bond acceptors (Lipinski definition) is 1. The van der Waals surface area contributed by atoms with Crippen LogP contribution in [0.25, 0.3) is 0 Å². The summed E-state index contributed by atoms with van der Waals surface area (Å²) in [7, 11) is -2.13. The minimum atomic E-state index is -2.13. The van der Waals surface area contributed by atoms with Crippen LogP contribution in [0.5, 0.6) is 0 Å². The molecular formula is CH5O2P. The summed E-state index contributed by atoms with van der Waals surface area (Å²) < 4.78 is 9.19. The summed E-state index contributed by atoms with van der Waals surface area (Å²) in [6, 6.07) is 0. The Balaban J connectivity index is 2.80. The van der Waals surface area contributed by atoms with Gasteiger partial charge in [-0.3, -0.25) is 4.57 Å². The molecule has 1 N–H and O–H groups in total. The maximum Gasteiger partial charge on any atom is 0.186 e. The maximum absolute atomic E-state index is 9.19. The molecule has 0 aromatic heterocycles. The van der Waals surface area contributed by atoms with Gasteiger partial charge in [0, 0.05) is 6.66 Å². The third-order valence-electron chi connectivity index (χ3n) is 0. The Hall–Kier alpha value is 0.190. The molecule has 26 valence electrons. The number of hydrogen-bond donors (Lipinski definition) is 1. The third-order valence-corrected chi connectivity index (χ3v) is 0. The van der Waals surface area contributed by atoms with Gasteiger partial charge < -0.3 is 4.89 Å². The quantitative estimate of drug-likeness (QED) is 0.418. The van der Waals surface area contributed by atoms with Gasteiger partial charge >= 0.3 is 0 Å². The molecule has 3 heteroatoms. The van der Waals surface area contributed by atoms with Gasteiger partial charge in [-0.2, -0.15) is 0 Å². The lowest BCUT2D eigenvalue weighted by molar-refractivity contribution is 0.509. The summed E-state index contributed by atoms with van der Waals surface area (Å²) in [4.78, 5) is 7.60. The minimum Gasteiger partial charge on any atom is -0.346 e. The first-order chi connectivity index (χ1) is 1.73. The molecule has 0 radical (unpaired) electrons. The number of rotatable bonds is 0. The molecule has 4 heavy (non-hydrogen) atoms. The van der Waals surface area contributed by atoms with Gasteiger partial charge in [0.25, 0.3) is 0 Å². The van der Waals surface area contributed by atoms with E-state index in [0.717, 1.165) is 0 Å². The van der Waals surface area contributed by atoms with Crippen molar-refractivity contribution in [3.05, 3.63) is 0 Å². The van der Waals surface area contributed by atoms with E-state index in [2.05, 4.69) is 0 Å². The van der Waals surface area contributed by atoms with Crippen molar-refractivity contribution in [1.29, 1.82) is 0 Å². The topological polar surface area (TPSA) is 37.3 Å². The van der Waals surface area contributed by atoms with Crippen LogP contribution in [0.2, 0.25) is 0 Å². The van der Waals surface area contributed by atoms with E-state index in [1.165, 1.54) is 6.66 Å². The fraction of sp³-hybridized carbons (Fsp3) is 1.00. The highest BCUT2D eigenvalue weighted by atomic mass is 31.1. The summed E-state index contributed by atoms with van der Waals surface area (Å²) in [6.07, 6.45) is 0. The molecule has 0 aliphatic heterocycles. The van der Waals surface area contributed by atoms with Gasteiger partial charge in [0.05, 0.1) is 0 Å². The summed E-state index contributed by atoms with van der Waals surface area (Å²) in [5, 5.41) is 0. The van der Waals surface area contributed by atoms with E-state index in [1.807, 2.05) is 0 Å². The molecule has 0 aromatic carbocycles. The lowest BCUT2D eigenvalue weighted by atomic mass is 12.0. The fourth-order valence-electron chi connectivity index (χ4n) is 0. The van der Waals surface area contributed by atoms with Crippen LogP contribution in [0.4, 0.5) is 0 Å². The van der Waals surface area contributed by atoms with Crippen molar-refractivity contribution in [2.24, 2.45) is 0 Å². The first-order valence-corrected chi connectivity index (χ1v) is 2.78. The Morgan fingerprint density at radius 3 is 2.00 bits per heavy atom. The van der Waals surface area contributed by atoms with E-state index in [0.29, 0.717) is 0 Å². The minimum absolute atomic E-state index is 1.27. The lowest BCUT2D eigenvalue weighted by Crippen LogP contribution is -1.35. The molecule has 0 bridgehead atoms. The lowest BCUT2D eigenvalue weighted by Gasteiger charge is -1.61. The average molecular weight is 80.0 g/mol. The van der Waals surface area contributed by atoms with Crippen molar-refractivity contribution < 1.29 is 9.46 Å². The van der Waals surface area contributed by atoms with Crippen LogP contribution < -0.4 is 0 Å². The van der Waals surface area contributed by atoms with Gasteiger partial charge in [-0.05, 0) is 0 Å². The van der Waals surface area contributed by atoms with Crippen LogP contribution in [-0.2, 0) is 4.57 Å². The first-order valence-electron chi connectivity index (χ1n) is 0.928. The van der Waals surface area contributed by atoms with Crippen molar-refractivity contribution in [3.63, 3.8) is 0 Å². The molecule has 1 unspecified atom stereocenters. The molecule has 0 aliphatic rings. The molecule has 1 atom stereocenters. The van der Waals surface area contributed by atoms with E-state index in [4.69, 9.17) is 4.89 Å². The van der Waals surface area contributed by atoms with Crippen molar-refractivity contribution in [2.45, 2.75) is 0 Å². The van der Waals surface area contributed by atoms with Crippen LogP contribution in [0.15, 0.2) is 0 Å². The van der Waals surface area contributed by atoms with Gasteiger partial charge in [-0.15, -0.1) is 0 Å². The smallest absolute Gasteiger partial charge is 0.186 e. The highest BCUT2D eigenvalue weighted by molar-refractivity contribution is 7.36. The zero-order valence-electron chi connectivity index (χ0n) is 2.36. The van der Waals surface area contributed by atoms with Gasteiger partial charge in [-0.1, -0.05) is 0 Å². The van der Waals surface area contributed by atoms with Gasteiger partial charge in [-0.25, -0.2) is 0 Å². The van der Waals surface area contributed by atoms with Crippen LogP contribution >= 0.6 is 8.03 Å². The molecule has 0 saturated carbocycles. The molecule has 0 amide bonds.